The molecule has 3 aromatic carbocycles. The molecule has 0 atom stereocenters. The van der Waals surface area contributed by atoms with E-state index in [9.17, 15) is 13.2 Å². The van der Waals surface area contributed by atoms with Crippen molar-refractivity contribution >= 4 is 13.5 Å². The summed E-state index contributed by atoms with van der Waals surface area (Å²) in [5.41, 5.74) is 6.75. The molecular formula is C25H27F3S. The maximum Gasteiger partial charge on any atom is 0.379 e. The molecule has 0 bridgehead atoms. The Bertz CT molecular complexity index is 839. The second-order valence-corrected chi connectivity index (χ2v) is 7.12. The van der Waals surface area contributed by atoms with E-state index < -0.39 is 6.68 Å². The summed E-state index contributed by atoms with van der Waals surface area (Å²) in [4.78, 5) is 0. The predicted molar refractivity (Wildman–Crippen MR) is 121 cm³/mol. The fourth-order valence-corrected chi connectivity index (χ4v) is 3.98. The van der Waals surface area contributed by atoms with Gasteiger partial charge in [0.2, 0.25) is 0 Å². The average Bonchev–Trinajstić information content (AvgIpc) is 2.75. The largest absolute Gasteiger partial charge is 0.379 e. The van der Waals surface area contributed by atoms with E-state index in [4.69, 9.17) is 0 Å². The molecule has 1 saturated carbocycles. The Labute approximate surface area is 178 Å². The fourth-order valence-electron chi connectivity index (χ4n) is 3.98. The normalized spacial score (nSPS) is 13.9. The SMILES string of the molecule is FC(F)F.S.c1ccc(-c2ccccc2-c2ccc(C3CCCCC3)cc2)cc1. The fraction of sp³-hybridized carbons (Fsp3) is 0.280. The number of rotatable bonds is 3. The summed E-state index contributed by atoms with van der Waals surface area (Å²) < 4.78 is 29.0. The summed E-state index contributed by atoms with van der Waals surface area (Å²) in [6.45, 7) is -3.67. The third-order valence-electron chi connectivity index (χ3n) is 5.31. The molecule has 0 amide bonds. The molecule has 4 heteroatoms. The molecule has 1 aliphatic rings. The van der Waals surface area contributed by atoms with Crippen LogP contribution in [0.2, 0.25) is 0 Å². The molecule has 0 aliphatic heterocycles. The lowest BCUT2D eigenvalue weighted by Crippen LogP contribution is -2.04. The molecule has 154 valence electrons. The van der Waals surface area contributed by atoms with Crippen molar-refractivity contribution in [2.24, 2.45) is 0 Å². The minimum Gasteiger partial charge on any atom is -0.197 e. The maximum atomic E-state index is 9.67. The van der Waals surface area contributed by atoms with Gasteiger partial charge in [0.25, 0.3) is 0 Å². The van der Waals surface area contributed by atoms with Crippen molar-refractivity contribution < 1.29 is 13.2 Å². The van der Waals surface area contributed by atoms with Crippen LogP contribution in [0.3, 0.4) is 0 Å². The highest BCUT2D eigenvalue weighted by Crippen LogP contribution is 2.35. The topological polar surface area (TPSA) is 0 Å². The van der Waals surface area contributed by atoms with Crippen LogP contribution in [-0.4, -0.2) is 6.68 Å². The molecule has 0 nitrogen and oxygen atoms in total. The van der Waals surface area contributed by atoms with Crippen molar-refractivity contribution in [3.8, 4) is 22.3 Å². The first-order valence-corrected chi connectivity index (χ1v) is 9.82. The van der Waals surface area contributed by atoms with Gasteiger partial charge in [-0.05, 0) is 46.6 Å². The summed E-state index contributed by atoms with van der Waals surface area (Å²) in [7, 11) is 0. The van der Waals surface area contributed by atoms with Crippen molar-refractivity contribution in [3.63, 3.8) is 0 Å². The van der Waals surface area contributed by atoms with Gasteiger partial charge in [0.05, 0.1) is 0 Å². The van der Waals surface area contributed by atoms with Gasteiger partial charge in [0.15, 0.2) is 0 Å². The van der Waals surface area contributed by atoms with Crippen LogP contribution in [0.25, 0.3) is 22.3 Å². The minimum atomic E-state index is -3.67. The molecule has 4 rings (SSSR count). The van der Waals surface area contributed by atoms with Crippen LogP contribution in [0.1, 0.15) is 43.6 Å². The van der Waals surface area contributed by atoms with Crippen molar-refractivity contribution in [2.45, 2.75) is 44.7 Å². The molecule has 29 heavy (non-hydrogen) atoms. The Hall–Kier alpha value is -2.20. The van der Waals surface area contributed by atoms with Gasteiger partial charge in [0, 0.05) is 0 Å². The van der Waals surface area contributed by atoms with Crippen molar-refractivity contribution in [1.82, 2.24) is 0 Å². The Morgan fingerprint density at radius 1 is 0.586 bits per heavy atom. The lowest BCUT2D eigenvalue weighted by atomic mass is 9.83. The van der Waals surface area contributed by atoms with E-state index in [0.717, 1.165) is 5.92 Å². The Morgan fingerprint density at radius 2 is 1.03 bits per heavy atom. The van der Waals surface area contributed by atoms with Crippen LogP contribution in [0, 0.1) is 0 Å². The third-order valence-corrected chi connectivity index (χ3v) is 5.31. The van der Waals surface area contributed by atoms with E-state index in [1.54, 1.807) is 0 Å². The zero-order valence-corrected chi connectivity index (χ0v) is 17.3. The molecule has 1 fully saturated rings. The standard InChI is InChI=1S/C24H24.CHF3.H2S/c1-3-9-19(10-4-1)20-15-17-22(18-16-20)24-14-8-7-13-23(24)21-11-5-2-6-12-21;2-1(3)4;/h2,5-8,11-19H,1,3-4,9-10H2;1H;1H2. The molecule has 0 heterocycles. The Balaban J connectivity index is 0.000000552. The molecule has 0 saturated heterocycles. The second-order valence-electron chi connectivity index (χ2n) is 7.12. The van der Waals surface area contributed by atoms with E-state index >= 15 is 0 Å². The predicted octanol–water partition coefficient (Wildman–Crippen LogP) is 8.36. The lowest BCUT2D eigenvalue weighted by Gasteiger charge is -2.22. The van der Waals surface area contributed by atoms with Gasteiger partial charge in [-0.25, -0.2) is 0 Å². The van der Waals surface area contributed by atoms with Gasteiger partial charge in [-0.2, -0.15) is 26.7 Å². The first-order chi connectivity index (χ1) is 13.6. The minimum absolute atomic E-state index is 0. The van der Waals surface area contributed by atoms with Crippen LogP contribution < -0.4 is 0 Å². The van der Waals surface area contributed by atoms with E-state index in [1.165, 1.54) is 59.9 Å². The summed E-state index contributed by atoms with van der Waals surface area (Å²) in [6, 6.07) is 28.7. The molecule has 0 N–H and O–H groups in total. The molecule has 0 aromatic heterocycles. The Morgan fingerprint density at radius 3 is 1.55 bits per heavy atom. The molecule has 1 aliphatic carbocycles. The van der Waals surface area contributed by atoms with Crippen LogP contribution in [0.5, 0.6) is 0 Å². The number of halogens is 3. The summed E-state index contributed by atoms with van der Waals surface area (Å²) in [6.07, 6.45) is 6.92. The van der Waals surface area contributed by atoms with Gasteiger partial charge >= 0.3 is 6.68 Å². The number of benzene rings is 3. The van der Waals surface area contributed by atoms with Crippen molar-refractivity contribution in [2.75, 3.05) is 0 Å². The summed E-state index contributed by atoms with van der Waals surface area (Å²) >= 11 is 0. The quantitative estimate of drug-likeness (QED) is 0.402. The highest BCUT2D eigenvalue weighted by atomic mass is 32.1. The number of hydrogen-bond donors (Lipinski definition) is 0. The van der Waals surface area contributed by atoms with E-state index in [1.807, 2.05) is 0 Å². The van der Waals surface area contributed by atoms with E-state index in [2.05, 4.69) is 78.9 Å². The van der Waals surface area contributed by atoms with Gasteiger partial charge in [-0.1, -0.05) is 98.1 Å². The Kier molecular flexibility index (Phi) is 9.33. The monoisotopic (exact) mass is 416 g/mol. The first-order valence-electron chi connectivity index (χ1n) is 9.82. The molecular weight excluding hydrogens is 389 g/mol. The van der Waals surface area contributed by atoms with Gasteiger partial charge < -0.3 is 0 Å². The van der Waals surface area contributed by atoms with Crippen molar-refractivity contribution in [1.29, 1.82) is 0 Å². The lowest BCUT2D eigenvalue weighted by molar-refractivity contribution is 0.00819. The van der Waals surface area contributed by atoms with Crippen LogP contribution in [-0.2, 0) is 0 Å². The first kappa shape index (κ1) is 23.1. The molecule has 0 unspecified atom stereocenters. The molecule has 3 aromatic rings. The smallest absolute Gasteiger partial charge is 0.197 e. The summed E-state index contributed by atoms with van der Waals surface area (Å²) in [5, 5.41) is 0. The van der Waals surface area contributed by atoms with Gasteiger partial charge in [0.1, 0.15) is 0 Å². The summed E-state index contributed by atoms with van der Waals surface area (Å²) in [5.74, 6) is 0.775. The zero-order chi connectivity index (χ0) is 19.8. The van der Waals surface area contributed by atoms with E-state index in [-0.39, 0.29) is 13.5 Å². The van der Waals surface area contributed by atoms with Crippen LogP contribution in [0.15, 0.2) is 78.9 Å². The van der Waals surface area contributed by atoms with Crippen molar-refractivity contribution in [3.05, 3.63) is 84.4 Å². The highest BCUT2D eigenvalue weighted by Gasteiger charge is 2.15. The van der Waals surface area contributed by atoms with Gasteiger partial charge in [-0.3, -0.25) is 0 Å². The third kappa shape index (κ3) is 6.67. The second kappa shape index (κ2) is 11.7. The number of alkyl halides is 3. The zero-order valence-electron chi connectivity index (χ0n) is 16.3. The average molecular weight is 417 g/mol. The molecule has 0 spiro atoms. The van der Waals surface area contributed by atoms with Gasteiger partial charge in [-0.15, -0.1) is 0 Å². The highest BCUT2D eigenvalue weighted by molar-refractivity contribution is 7.59. The maximum absolute atomic E-state index is 9.67. The number of hydrogen-bond acceptors (Lipinski definition) is 0. The van der Waals surface area contributed by atoms with E-state index in [0.29, 0.717) is 0 Å². The van der Waals surface area contributed by atoms with Crippen LogP contribution in [0.4, 0.5) is 13.2 Å². The molecule has 0 radical (unpaired) electrons. The van der Waals surface area contributed by atoms with Crippen LogP contribution >= 0.6 is 13.5 Å².